The molecule has 0 saturated carbocycles. The van der Waals surface area contributed by atoms with Gasteiger partial charge in [0.1, 0.15) is 6.54 Å². The molecule has 0 radical (unpaired) electrons. The van der Waals surface area contributed by atoms with Crippen LogP contribution in [-0.4, -0.2) is 46.2 Å². The Hall–Kier alpha value is -1.89. The third-order valence-corrected chi connectivity index (χ3v) is 4.29. The maximum Gasteiger partial charge on any atom is 0.328 e. The number of aromatic nitrogens is 2. The highest BCUT2D eigenvalue weighted by atomic mass is 16.5. The van der Waals surface area contributed by atoms with Gasteiger partial charge in [0.25, 0.3) is 5.56 Å². The maximum absolute atomic E-state index is 12.5. The molecule has 2 rings (SSSR count). The lowest BCUT2D eigenvalue weighted by molar-refractivity contribution is -0.139. The fourth-order valence-corrected chi connectivity index (χ4v) is 2.86. The molecule has 134 valence electrons. The Bertz CT molecular complexity index is 677. The van der Waals surface area contributed by atoms with E-state index in [1.165, 1.54) is 10.8 Å². The normalized spacial score (nSPS) is 18.2. The second-order valence-corrected chi connectivity index (χ2v) is 6.86. The van der Waals surface area contributed by atoms with Crippen LogP contribution in [0, 0.1) is 12.8 Å². The second kappa shape index (κ2) is 8.28. The maximum atomic E-state index is 12.5. The van der Waals surface area contributed by atoms with Gasteiger partial charge in [-0.1, -0.05) is 26.7 Å². The zero-order valence-electron chi connectivity index (χ0n) is 14.7. The minimum Gasteiger partial charge on any atom is -0.375 e. The van der Waals surface area contributed by atoms with Gasteiger partial charge in [-0.2, -0.15) is 0 Å². The molecule has 0 bridgehead atoms. The van der Waals surface area contributed by atoms with Gasteiger partial charge >= 0.3 is 5.69 Å². The number of hydrogen-bond donors (Lipinski definition) is 1. The van der Waals surface area contributed by atoms with Gasteiger partial charge < -0.3 is 9.64 Å². The molecular weight excluding hydrogens is 310 g/mol. The molecule has 24 heavy (non-hydrogen) atoms. The first-order chi connectivity index (χ1) is 11.4. The topological polar surface area (TPSA) is 84.4 Å². The highest BCUT2D eigenvalue weighted by Gasteiger charge is 2.24. The molecule has 7 nitrogen and oxygen atoms in total. The van der Waals surface area contributed by atoms with E-state index in [4.69, 9.17) is 4.74 Å². The quantitative estimate of drug-likeness (QED) is 0.836. The smallest absolute Gasteiger partial charge is 0.328 e. The van der Waals surface area contributed by atoms with Crippen LogP contribution in [0.25, 0.3) is 0 Å². The Kier molecular flexibility index (Phi) is 6.36. The van der Waals surface area contributed by atoms with E-state index in [1.807, 2.05) is 0 Å². The van der Waals surface area contributed by atoms with Crippen LogP contribution in [0.5, 0.6) is 0 Å². The predicted octanol–water partition coefficient (Wildman–Crippen LogP) is 0.899. The molecule has 1 aliphatic rings. The molecule has 1 fully saturated rings. The fourth-order valence-electron chi connectivity index (χ4n) is 2.86. The van der Waals surface area contributed by atoms with Gasteiger partial charge in [0.2, 0.25) is 5.91 Å². The van der Waals surface area contributed by atoms with Crippen molar-refractivity contribution in [3.8, 4) is 0 Å². The van der Waals surface area contributed by atoms with Crippen molar-refractivity contribution in [1.29, 1.82) is 0 Å². The molecule has 1 amide bonds. The summed E-state index contributed by atoms with van der Waals surface area (Å²) in [5.74, 6) is 0.544. The Morgan fingerprint density at radius 3 is 2.88 bits per heavy atom. The van der Waals surface area contributed by atoms with E-state index in [2.05, 4.69) is 18.8 Å². The van der Waals surface area contributed by atoms with Crippen molar-refractivity contribution in [3.05, 3.63) is 32.6 Å². The van der Waals surface area contributed by atoms with E-state index in [-0.39, 0.29) is 18.6 Å². The molecule has 2 heterocycles. The number of amides is 1. The minimum atomic E-state index is -0.555. The zero-order chi connectivity index (χ0) is 17.7. The van der Waals surface area contributed by atoms with Crippen LogP contribution in [0.2, 0.25) is 0 Å². The third-order valence-electron chi connectivity index (χ3n) is 4.29. The van der Waals surface area contributed by atoms with Crippen LogP contribution >= 0.6 is 0 Å². The molecule has 0 spiro atoms. The number of carbonyl (C=O) groups is 1. The number of nitrogens with one attached hydrogen (secondary N) is 1. The van der Waals surface area contributed by atoms with Crippen molar-refractivity contribution < 1.29 is 9.53 Å². The Labute approximate surface area is 141 Å². The van der Waals surface area contributed by atoms with Crippen molar-refractivity contribution in [2.24, 2.45) is 5.92 Å². The number of aromatic amines is 1. The predicted molar refractivity (Wildman–Crippen MR) is 91.1 cm³/mol. The number of rotatable bonds is 6. The van der Waals surface area contributed by atoms with Gasteiger partial charge in [0, 0.05) is 24.8 Å². The molecule has 0 aliphatic carbocycles. The molecule has 1 unspecified atom stereocenters. The van der Waals surface area contributed by atoms with E-state index in [1.54, 1.807) is 11.8 Å². The van der Waals surface area contributed by atoms with Gasteiger partial charge in [0.05, 0.1) is 12.7 Å². The summed E-state index contributed by atoms with van der Waals surface area (Å²) in [5, 5.41) is 0. The van der Waals surface area contributed by atoms with Crippen molar-refractivity contribution in [2.45, 2.75) is 52.7 Å². The first-order valence-corrected chi connectivity index (χ1v) is 8.56. The van der Waals surface area contributed by atoms with Crippen LogP contribution in [0.4, 0.5) is 0 Å². The Morgan fingerprint density at radius 2 is 2.17 bits per heavy atom. The number of carbonyl (C=O) groups excluding carboxylic acids is 1. The number of ether oxygens (including phenoxy) is 1. The number of hydrogen-bond acceptors (Lipinski definition) is 4. The number of H-pyrrole nitrogens is 1. The van der Waals surface area contributed by atoms with Crippen LogP contribution in [0.1, 0.15) is 38.7 Å². The van der Waals surface area contributed by atoms with Crippen molar-refractivity contribution in [3.63, 3.8) is 0 Å². The second-order valence-electron chi connectivity index (χ2n) is 6.86. The fraction of sp³-hybridized carbons (Fsp3) is 0.706. The number of morpholine rings is 1. The van der Waals surface area contributed by atoms with Gasteiger partial charge in [0.15, 0.2) is 0 Å². The summed E-state index contributed by atoms with van der Waals surface area (Å²) in [5.41, 5.74) is -0.558. The number of aryl methyl sites for hydroxylation is 1. The number of nitrogens with zero attached hydrogens (tertiary/aromatic N) is 2. The standard InChI is InChI=1S/C17H27N3O4/c1-12(2)5-4-6-14-10-19(7-8-24-14)15(21)11-20-9-13(3)16(22)18-17(20)23/h9,12,14H,4-8,10-11H2,1-3H3,(H,18,22,23). The van der Waals surface area contributed by atoms with Crippen LogP contribution in [0.15, 0.2) is 15.8 Å². The molecule has 1 saturated heterocycles. The average molecular weight is 337 g/mol. The SMILES string of the molecule is Cc1cn(CC(=O)N2CCOC(CCCC(C)C)C2)c(=O)[nH]c1=O. The lowest BCUT2D eigenvalue weighted by Gasteiger charge is -2.33. The summed E-state index contributed by atoms with van der Waals surface area (Å²) in [4.78, 5) is 39.6. The molecule has 1 N–H and O–H groups in total. The van der Waals surface area contributed by atoms with E-state index >= 15 is 0 Å². The van der Waals surface area contributed by atoms with Crippen molar-refractivity contribution >= 4 is 5.91 Å². The monoisotopic (exact) mass is 337 g/mol. The van der Waals surface area contributed by atoms with Crippen molar-refractivity contribution in [1.82, 2.24) is 14.5 Å². The summed E-state index contributed by atoms with van der Waals surface area (Å²) in [6, 6.07) is 0. The summed E-state index contributed by atoms with van der Waals surface area (Å²) in [6.45, 7) is 7.57. The molecular formula is C17H27N3O4. The molecule has 1 atom stereocenters. The minimum absolute atomic E-state index is 0.0603. The van der Waals surface area contributed by atoms with Crippen LogP contribution in [0.3, 0.4) is 0 Å². The van der Waals surface area contributed by atoms with E-state index < -0.39 is 11.2 Å². The summed E-state index contributed by atoms with van der Waals surface area (Å²) in [7, 11) is 0. The average Bonchev–Trinajstić information content (AvgIpc) is 2.52. The zero-order valence-corrected chi connectivity index (χ0v) is 14.7. The summed E-state index contributed by atoms with van der Waals surface area (Å²) >= 11 is 0. The van der Waals surface area contributed by atoms with Gasteiger partial charge in [-0.25, -0.2) is 4.79 Å². The first-order valence-electron chi connectivity index (χ1n) is 8.56. The summed E-state index contributed by atoms with van der Waals surface area (Å²) in [6.07, 6.45) is 4.68. The van der Waals surface area contributed by atoms with Gasteiger partial charge in [-0.05, 0) is 19.3 Å². The highest BCUT2D eigenvalue weighted by Crippen LogP contribution is 2.15. The Morgan fingerprint density at radius 1 is 1.42 bits per heavy atom. The lowest BCUT2D eigenvalue weighted by atomic mass is 10.0. The van der Waals surface area contributed by atoms with Crippen molar-refractivity contribution in [2.75, 3.05) is 19.7 Å². The molecule has 1 aromatic heterocycles. The largest absolute Gasteiger partial charge is 0.375 e. The van der Waals surface area contributed by atoms with Gasteiger partial charge in [-0.3, -0.25) is 19.1 Å². The van der Waals surface area contributed by atoms with E-state index in [0.717, 1.165) is 19.3 Å². The van der Waals surface area contributed by atoms with Crippen LogP contribution in [-0.2, 0) is 16.1 Å². The van der Waals surface area contributed by atoms with Gasteiger partial charge in [-0.15, -0.1) is 0 Å². The molecule has 0 aromatic carbocycles. The first kappa shape index (κ1) is 18.4. The van der Waals surface area contributed by atoms with E-state index in [0.29, 0.717) is 31.2 Å². The summed E-state index contributed by atoms with van der Waals surface area (Å²) < 4.78 is 6.99. The Balaban J connectivity index is 1.93. The lowest BCUT2D eigenvalue weighted by Crippen LogP contribution is -2.47. The molecule has 7 heteroatoms. The van der Waals surface area contributed by atoms with E-state index in [9.17, 15) is 14.4 Å². The molecule has 1 aromatic rings. The van der Waals surface area contributed by atoms with Crippen LogP contribution < -0.4 is 11.2 Å². The third kappa shape index (κ3) is 5.06. The molecule has 1 aliphatic heterocycles. The highest BCUT2D eigenvalue weighted by molar-refractivity contribution is 5.76.